The fraction of sp³-hybridized carbons (Fsp3) is 0.385. The van der Waals surface area contributed by atoms with Crippen LogP contribution in [0.25, 0.3) is 11.4 Å². The largest absolute Gasteiger partial charge is 0.311 e. The summed E-state index contributed by atoms with van der Waals surface area (Å²) in [6, 6.07) is 6.42. The van der Waals surface area contributed by atoms with E-state index in [1.807, 2.05) is 0 Å². The van der Waals surface area contributed by atoms with Crippen molar-refractivity contribution in [3.8, 4) is 11.4 Å². The van der Waals surface area contributed by atoms with Crippen LogP contribution in [0, 0.1) is 13.8 Å². The third-order valence-corrected chi connectivity index (χ3v) is 3.40. The van der Waals surface area contributed by atoms with Crippen LogP contribution in [0.4, 0.5) is 0 Å². The van der Waals surface area contributed by atoms with Gasteiger partial charge in [-0.1, -0.05) is 33.6 Å². The molecule has 0 N–H and O–H groups in total. The quantitative estimate of drug-likeness (QED) is 0.811. The second kappa shape index (κ2) is 5.00. The third-order valence-electron chi connectivity index (χ3n) is 2.90. The average molecular weight is 294 g/mol. The molecule has 0 bridgehead atoms. The highest BCUT2D eigenvalue weighted by molar-refractivity contribution is 9.08. The molecule has 2 aromatic rings. The van der Waals surface area contributed by atoms with Gasteiger partial charge in [-0.2, -0.15) is 0 Å². The lowest BCUT2D eigenvalue weighted by Crippen LogP contribution is -2.02. The minimum Gasteiger partial charge on any atom is -0.311 e. The molecule has 0 unspecified atom stereocenters. The van der Waals surface area contributed by atoms with Gasteiger partial charge in [0.05, 0.1) is 5.33 Å². The van der Waals surface area contributed by atoms with Crippen LogP contribution in [0.3, 0.4) is 0 Å². The molecule has 0 fully saturated rings. The highest BCUT2D eigenvalue weighted by Gasteiger charge is 2.13. The first-order valence-corrected chi connectivity index (χ1v) is 6.85. The van der Waals surface area contributed by atoms with Crippen molar-refractivity contribution in [3.63, 3.8) is 0 Å². The van der Waals surface area contributed by atoms with Crippen LogP contribution >= 0.6 is 15.9 Å². The van der Waals surface area contributed by atoms with Gasteiger partial charge in [0, 0.05) is 12.1 Å². The third kappa shape index (κ3) is 2.27. The fourth-order valence-corrected chi connectivity index (χ4v) is 2.36. The summed E-state index contributed by atoms with van der Waals surface area (Å²) in [4.78, 5) is 0. The molecule has 0 aliphatic rings. The molecule has 1 heterocycles. The number of benzene rings is 1. The van der Waals surface area contributed by atoms with Crippen LogP contribution < -0.4 is 0 Å². The molecule has 0 amide bonds. The van der Waals surface area contributed by atoms with E-state index in [4.69, 9.17) is 0 Å². The smallest absolute Gasteiger partial charge is 0.164 e. The van der Waals surface area contributed by atoms with Crippen molar-refractivity contribution in [3.05, 3.63) is 35.2 Å². The Bertz CT molecular complexity index is 531. The van der Waals surface area contributed by atoms with Gasteiger partial charge in [0.1, 0.15) is 5.82 Å². The van der Waals surface area contributed by atoms with E-state index >= 15 is 0 Å². The molecule has 0 saturated heterocycles. The van der Waals surface area contributed by atoms with Crippen LogP contribution in [-0.2, 0) is 11.9 Å². The predicted molar refractivity (Wildman–Crippen MR) is 73.2 cm³/mol. The van der Waals surface area contributed by atoms with E-state index in [2.05, 4.69) is 69.7 Å². The zero-order chi connectivity index (χ0) is 12.4. The molecule has 0 aliphatic heterocycles. The lowest BCUT2D eigenvalue weighted by molar-refractivity contribution is 0.733. The number of halogens is 1. The van der Waals surface area contributed by atoms with Crippen molar-refractivity contribution in [2.75, 3.05) is 0 Å². The normalized spacial score (nSPS) is 10.8. The van der Waals surface area contributed by atoms with Gasteiger partial charge in [0.15, 0.2) is 5.82 Å². The van der Waals surface area contributed by atoms with Crippen molar-refractivity contribution in [1.82, 2.24) is 14.8 Å². The monoisotopic (exact) mass is 293 g/mol. The fourth-order valence-electron chi connectivity index (χ4n) is 1.94. The van der Waals surface area contributed by atoms with Crippen LogP contribution in [0.15, 0.2) is 18.2 Å². The number of aromatic nitrogens is 3. The highest BCUT2D eigenvalue weighted by atomic mass is 79.9. The zero-order valence-corrected chi connectivity index (χ0v) is 12.0. The Labute approximate surface area is 110 Å². The molecular weight excluding hydrogens is 278 g/mol. The predicted octanol–water partition coefficient (Wildman–Crippen LogP) is 3.48. The van der Waals surface area contributed by atoms with Crippen molar-refractivity contribution < 1.29 is 0 Å². The lowest BCUT2D eigenvalue weighted by Gasteiger charge is -2.09. The molecule has 1 aromatic heterocycles. The van der Waals surface area contributed by atoms with Gasteiger partial charge in [-0.05, 0) is 32.4 Å². The standard InChI is InChI=1S/C13H16BrN3/c1-4-17-12(8-14)15-16-13(17)11-7-9(2)5-6-10(11)3/h5-7H,4,8H2,1-3H3. The van der Waals surface area contributed by atoms with E-state index in [9.17, 15) is 0 Å². The van der Waals surface area contributed by atoms with Gasteiger partial charge < -0.3 is 4.57 Å². The first-order valence-electron chi connectivity index (χ1n) is 5.73. The summed E-state index contributed by atoms with van der Waals surface area (Å²) in [6.07, 6.45) is 0. The van der Waals surface area contributed by atoms with Crippen molar-refractivity contribution in [1.29, 1.82) is 0 Å². The molecule has 0 radical (unpaired) electrons. The summed E-state index contributed by atoms with van der Waals surface area (Å²) in [6.45, 7) is 7.21. The second-order valence-electron chi connectivity index (χ2n) is 4.14. The maximum Gasteiger partial charge on any atom is 0.164 e. The average Bonchev–Trinajstić information content (AvgIpc) is 2.74. The zero-order valence-electron chi connectivity index (χ0n) is 10.4. The molecule has 0 spiro atoms. The number of hydrogen-bond donors (Lipinski definition) is 0. The van der Waals surface area contributed by atoms with Gasteiger partial charge in [-0.3, -0.25) is 0 Å². The van der Waals surface area contributed by atoms with Gasteiger partial charge in [-0.15, -0.1) is 10.2 Å². The molecule has 0 atom stereocenters. The van der Waals surface area contributed by atoms with Crippen molar-refractivity contribution in [2.45, 2.75) is 32.6 Å². The van der Waals surface area contributed by atoms with E-state index in [1.165, 1.54) is 16.7 Å². The SMILES string of the molecule is CCn1c(CBr)nnc1-c1cc(C)ccc1C. The van der Waals surface area contributed by atoms with Crippen LogP contribution in [0.2, 0.25) is 0 Å². The second-order valence-corrected chi connectivity index (χ2v) is 4.70. The molecule has 2 rings (SSSR count). The summed E-state index contributed by atoms with van der Waals surface area (Å²) >= 11 is 3.44. The number of hydrogen-bond acceptors (Lipinski definition) is 2. The summed E-state index contributed by atoms with van der Waals surface area (Å²) in [5.74, 6) is 1.94. The van der Waals surface area contributed by atoms with Crippen molar-refractivity contribution in [2.24, 2.45) is 0 Å². The Kier molecular flexibility index (Phi) is 3.62. The minimum absolute atomic E-state index is 0.735. The summed E-state index contributed by atoms with van der Waals surface area (Å²) < 4.78 is 2.15. The number of alkyl halides is 1. The summed E-state index contributed by atoms with van der Waals surface area (Å²) in [5, 5.41) is 9.27. The Balaban J connectivity index is 2.59. The molecule has 1 aromatic carbocycles. The van der Waals surface area contributed by atoms with Gasteiger partial charge >= 0.3 is 0 Å². The van der Waals surface area contributed by atoms with Gasteiger partial charge in [0.2, 0.25) is 0 Å². The van der Waals surface area contributed by atoms with E-state index in [0.717, 1.165) is 23.5 Å². The molecule has 90 valence electrons. The van der Waals surface area contributed by atoms with Gasteiger partial charge in [0.25, 0.3) is 0 Å². The van der Waals surface area contributed by atoms with E-state index in [-0.39, 0.29) is 0 Å². The number of rotatable bonds is 3. The minimum atomic E-state index is 0.735. The Hall–Kier alpha value is -1.16. The molecule has 4 heteroatoms. The van der Waals surface area contributed by atoms with Crippen LogP contribution in [0.1, 0.15) is 23.9 Å². The molecular formula is C13H16BrN3. The molecule has 0 aliphatic carbocycles. The Morgan fingerprint density at radius 3 is 2.65 bits per heavy atom. The summed E-state index contributed by atoms with van der Waals surface area (Å²) in [7, 11) is 0. The topological polar surface area (TPSA) is 30.7 Å². The van der Waals surface area contributed by atoms with Gasteiger partial charge in [-0.25, -0.2) is 0 Å². The molecule has 0 saturated carbocycles. The van der Waals surface area contributed by atoms with Crippen molar-refractivity contribution >= 4 is 15.9 Å². The maximum atomic E-state index is 4.31. The first-order chi connectivity index (χ1) is 8.17. The first kappa shape index (κ1) is 12.3. The molecule has 3 nitrogen and oxygen atoms in total. The highest BCUT2D eigenvalue weighted by Crippen LogP contribution is 2.24. The summed E-state index contributed by atoms with van der Waals surface area (Å²) in [5.41, 5.74) is 3.65. The van der Waals surface area contributed by atoms with E-state index in [1.54, 1.807) is 0 Å². The van der Waals surface area contributed by atoms with E-state index < -0.39 is 0 Å². The number of nitrogens with zero attached hydrogens (tertiary/aromatic N) is 3. The molecule has 17 heavy (non-hydrogen) atoms. The Morgan fingerprint density at radius 1 is 1.24 bits per heavy atom. The van der Waals surface area contributed by atoms with E-state index in [0.29, 0.717) is 0 Å². The Morgan fingerprint density at radius 2 is 2.00 bits per heavy atom. The lowest BCUT2D eigenvalue weighted by atomic mass is 10.1. The van der Waals surface area contributed by atoms with Crippen LogP contribution in [0.5, 0.6) is 0 Å². The number of aryl methyl sites for hydroxylation is 2. The maximum absolute atomic E-state index is 4.31. The van der Waals surface area contributed by atoms with Crippen LogP contribution in [-0.4, -0.2) is 14.8 Å².